The van der Waals surface area contributed by atoms with Gasteiger partial charge in [-0.25, -0.2) is 14.6 Å². The van der Waals surface area contributed by atoms with Crippen LogP contribution in [0.2, 0.25) is 0 Å². The molecule has 76 valence electrons. The van der Waals surface area contributed by atoms with Crippen LogP contribution in [0.15, 0.2) is 23.1 Å². The molecule has 0 heterocycles. The van der Waals surface area contributed by atoms with Crippen molar-refractivity contribution < 1.29 is 13.6 Å². The Balaban J connectivity index is 2.66. The van der Waals surface area contributed by atoms with Gasteiger partial charge in [-0.05, 0) is 18.2 Å². The molecule has 3 N–H and O–H groups in total. The Hall–Kier alpha value is -1.14. The van der Waals surface area contributed by atoms with E-state index in [1.54, 1.807) is 0 Å². The number of hydrazine groups is 1. The average molecular weight is 218 g/mol. The van der Waals surface area contributed by atoms with Crippen molar-refractivity contribution in [2.75, 3.05) is 5.75 Å². The van der Waals surface area contributed by atoms with Gasteiger partial charge in [0.1, 0.15) is 11.6 Å². The monoisotopic (exact) mass is 218 g/mol. The van der Waals surface area contributed by atoms with Crippen LogP contribution in [0, 0.1) is 11.6 Å². The van der Waals surface area contributed by atoms with Gasteiger partial charge in [0.25, 0.3) is 0 Å². The molecule has 0 radical (unpaired) electrons. The van der Waals surface area contributed by atoms with Crippen molar-refractivity contribution in [3.63, 3.8) is 0 Å². The van der Waals surface area contributed by atoms with Gasteiger partial charge in [-0.1, -0.05) is 0 Å². The minimum Gasteiger partial charge on any atom is -0.294 e. The second-order valence-electron chi connectivity index (χ2n) is 2.43. The fraction of sp³-hybridized carbons (Fsp3) is 0.125. The van der Waals surface area contributed by atoms with E-state index in [9.17, 15) is 13.6 Å². The number of carbonyl (C=O) groups is 1. The van der Waals surface area contributed by atoms with Gasteiger partial charge in [0.2, 0.25) is 5.91 Å². The Kier molecular flexibility index (Phi) is 3.84. The number of nitrogens with two attached hydrogens (primary N) is 1. The van der Waals surface area contributed by atoms with E-state index in [2.05, 4.69) is 0 Å². The molecule has 0 spiro atoms. The first kappa shape index (κ1) is 10.9. The summed E-state index contributed by atoms with van der Waals surface area (Å²) >= 11 is 0.887. The summed E-state index contributed by atoms with van der Waals surface area (Å²) in [6.45, 7) is 0. The van der Waals surface area contributed by atoms with Crippen LogP contribution in [0.1, 0.15) is 0 Å². The van der Waals surface area contributed by atoms with Gasteiger partial charge < -0.3 is 0 Å². The quantitative estimate of drug-likeness (QED) is 0.345. The summed E-state index contributed by atoms with van der Waals surface area (Å²) in [7, 11) is 0. The number of carbonyl (C=O) groups excluding carboxylic acids is 1. The Morgan fingerprint density at radius 1 is 1.50 bits per heavy atom. The standard InChI is InChI=1S/C8H8F2N2OS/c9-5-1-2-6(10)7(3-5)14-4-8(13)12-11/h1-3H,4,11H2,(H,12,13). The molecule has 0 aliphatic rings. The van der Waals surface area contributed by atoms with E-state index in [0.29, 0.717) is 0 Å². The maximum atomic E-state index is 13.0. The summed E-state index contributed by atoms with van der Waals surface area (Å²) in [4.78, 5) is 10.8. The number of hydrogen-bond donors (Lipinski definition) is 2. The van der Waals surface area contributed by atoms with Crippen LogP contribution >= 0.6 is 11.8 Å². The largest absolute Gasteiger partial charge is 0.294 e. The smallest absolute Gasteiger partial charge is 0.244 e. The Morgan fingerprint density at radius 2 is 2.21 bits per heavy atom. The van der Waals surface area contributed by atoms with E-state index in [1.165, 1.54) is 0 Å². The first-order chi connectivity index (χ1) is 6.63. The second-order valence-corrected chi connectivity index (χ2v) is 3.45. The van der Waals surface area contributed by atoms with Crippen molar-refractivity contribution in [2.24, 2.45) is 5.84 Å². The number of nitrogens with one attached hydrogen (secondary N) is 1. The van der Waals surface area contributed by atoms with Gasteiger partial charge in [0, 0.05) is 4.90 Å². The Labute approximate surface area is 83.6 Å². The number of thioether (sulfide) groups is 1. The molecule has 0 saturated carbocycles. The van der Waals surface area contributed by atoms with Gasteiger partial charge in [-0.15, -0.1) is 11.8 Å². The molecule has 6 heteroatoms. The third-order valence-corrected chi connectivity index (χ3v) is 2.44. The lowest BCUT2D eigenvalue weighted by Crippen LogP contribution is -2.31. The normalized spacial score (nSPS) is 9.93. The molecule has 3 nitrogen and oxygen atoms in total. The maximum Gasteiger partial charge on any atom is 0.244 e. The topological polar surface area (TPSA) is 55.1 Å². The number of halogens is 2. The molecule has 0 saturated heterocycles. The summed E-state index contributed by atoms with van der Waals surface area (Å²) in [5.74, 6) is 3.24. The third kappa shape index (κ3) is 2.97. The zero-order chi connectivity index (χ0) is 10.6. The van der Waals surface area contributed by atoms with Gasteiger partial charge in [0.15, 0.2) is 0 Å². The molecule has 0 aliphatic heterocycles. The zero-order valence-electron chi connectivity index (χ0n) is 7.09. The van der Waals surface area contributed by atoms with Crippen LogP contribution in [-0.2, 0) is 4.79 Å². The SMILES string of the molecule is NNC(=O)CSc1cc(F)ccc1F. The van der Waals surface area contributed by atoms with Gasteiger partial charge >= 0.3 is 0 Å². The van der Waals surface area contributed by atoms with Gasteiger partial charge in [0.05, 0.1) is 5.75 Å². The van der Waals surface area contributed by atoms with Crippen LogP contribution in [0.4, 0.5) is 8.78 Å². The lowest BCUT2D eigenvalue weighted by molar-refractivity contribution is -0.118. The predicted molar refractivity (Wildman–Crippen MR) is 49.4 cm³/mol. The van der Waals surface area contributed by atoms with Crippen molar-refractivity contribution in [2.45, 2.75) is 4.90 Å². The molecule has 1 aromatic rings. The maximum absolute atomic E-state index is 13.0. The van der Waals surface area contributed by atoms with Gasteiger partial charge in [-0.2, -0.15) is 0 Å². The van der Waals surface area contributed by atoms with Gasteiger partial charge in [-0.3, -0.25) is 10.2 Å². The van der Waals surface area contributed by atoms with E-state index < -0.39 is 17.5 Å². The van der Waals surface area contributed by atoms with Crippen molar-refractivity contribution in [3.05, 3.63) is 29.8 Å². The fourth-order valence-electron chi connectivity index (χ4n) is 0.773. The molecular formula is C8H8F2N2OS. The molecule has 1 aromatic carbocycles. The average Bonchev–Trinajstić information content (AvgIpc) is 2.19. The van der Waals surface area contributed by atoms with E-state index in [1.807, 2.05) is 5.43 Å². The number of amides is 1. The number of rotatable bonds is 3. The number of benzene rings is 1. The first-order valence-electron chi connectivity index (χ1n) is 3.71. The van der Waals surface area contributed by atoms with Crippen molar-refractivity contribution >= 4 is 17.7 Å². The molecule has 14 heavy (non-hydrogen) atoms. The van der Waals surface area contributed by atoms with Crippen LogP contribution < -0.4 is 11.3 Å². The Bertz CT molecular complexity index is 346. The third-order valence-electron chi connectivity index (χ3n) is 1.41. The lowest BCUT2D eigenvalue weighted by atomic mass is 10.3. The molecule has 0 bridgehead atoms. The molecule has 0 unspecified atom stereocenters. The second kappa shape index (κ2) is 4.92. The summed E-state index contributed by atoms with van der Waals surface area (Å²) in [6, 6.07) is 3.06. The van der Waals surface area contributed by atoms with Crippen molar-refractivity contribution in [1.29, 1.82) is 0 Å². The zero-order valence-corrected chi connectivity index (χ0v) is 7.91. The number of hydrogen-bond acceptors (Lipinski definition) is 3. The summed E-state index contributed by atoms with van der Waals surface area (Å²) in [5, 5.41) is 0. The van der Waals surface area contributed by atoms with Crippen LogP contribution in [0.3, 0.4) is 0 Å². The molecule has 0 aliphatic carbocycles. The molecule has 1 rings (SSSR count). The minimum atomic E-state index is -0.554. The molecule has 0 fully saturated rings. The highest BCUT2D eigenvalue weighted by atomic mass is 32.2. The Morgan fingerprint density at radius 3 is 2.86 bits per heavy atom. The lowest BCUT2D eigenvalue weighted by Gasteiger charge is -2.02. The van der Waals surface area contributed by atoms with Crippen LogP contribution in [0.5, 0.6) is 0 Å². The molecular weight excluding hydrogens is 210 g/mol. The van der Waals surface area contributed by atoms with Crippen LogP contribution in [0.25, 0.3) is 0 Å². The van der Waals surface area contributed by atoms with Crippen molar-refractivity contribution in [3.8, 4) is 0 Å². The fourth-order valence-corrected chi connectivity index (χ4v) is 1.54. The van der Waals surface area contributed by atoms with E-state index in [4.69, 9.17) is 5.84 Å². The highest BCUT2D eigenvalue weighted by molar-refractivity contribution is 8.00. The van der Waals surface area contributed by atoms with E-state index in [-0.39, 0.29) is 10.6 Å². The van der Waals surface area contributed by atoms with E-state index in [0.717, 1.165) is 30.0 Å². The predicted octanol–water partition coefficient (Wildman–Crippen LogP) is 1.05. The van der Waals surface area contributed by atoms with Crippen molar-refractivity contribution in [1.82, 2.24) is 5.43 Å². The minimum absolute atomic E-state index is 0.0448. The van der Waals surface area contributed by atoms with Crippen LogP contribution in [-0.4, -0.2) is 11.7 Å². The summed E-state index contributed by atoms with van der Waals surface area (Å²) in [6.07, 6.45) is 0. The summed E-state index contributed by atoms with van der Waals surface area (Å²) in [5.41, 5.74) is 1.89. The van der Waals surface area contributed by atoms with E-state index >= 15 is 0 Å². The molecule has 0 atom stereocenters. The highest BCUT2D eigenvalue weighted by Crippen LogP contribution is 2.22. The highest BCUT2D eigenvalue weighted by Gasteiger charge is 2.06. The first-order valence-corrected chi connectivity index (χ1v) is 4.69. The molecule has 0 aromatic heterocycles. The molecule has 1 amide bonds. The summed E-state index contributed by atoms with van der Waals surface area (Å²) < 4.78 is 25.6.